The third-order valence-corrected chi connectivity index (χ3v) is 3.17. The van der Waals surface area contributed by atoms with Gasteiger partial charge < -0.3 is 15.4 Å². The van der Waals surface area contributed by atoms with Gasteiger partial charge in [0.05, 0.1) is 19.1 Å². The Kier molecular flexibility index (Phi) is 4.01. The van der Waals surface area contributed by atoms with Crippen molar-refractivity contribution in [1.29, 1.82) is 0 Å². The number of amides is 1. The van der Waals surface area contributed by atoms with Crippen LogP contribution in [0, 0.1) is 0 Å². The first-order valence-corrected chi connectivity index (χ1v) is 6.07. The molecule has 0 saturated heterocycles. The zero-order chi connectivity index (χ0) is 14.9. The molecule has 4 nitrogen and oxygen atoms in total. The Labute approximate surface area is 114 Å². The molecule has 0 bridgehead atoms. The van der Waals surface area contributed by atoms with E-state index < -0.39 is 18.8 Å². The highest BCUT2D eigenvalue weighted by Crippen LogP contribution is 2.29. The summed E-state index contributed by atoms with van der Waals surface area (Å²) < 4.78 is 40.4. The third-order valence-electron chi connectivity index (χ3n) is 3.17. The summed E-state index contributed by atoms with van der Waals surface area (Å²) in [4.78, 5) is 13.1. The predicted octanol–water partition coefficient (Wildman–Crippen LogP) is 1.78. The molecule has 20 heavy (non-hydrogen) atoms. The molecule has 7 heteroatoms. The third kappa shape index (κ3) is 3.29. The van der Waals surface area contributed by atoms with Crippen molar-refractivity contribution in [2.45, 2.75) is 18.6 Å². The fourth-order valence-corrected chi connectivity index (χ4v) is 2.12. The summed E-state index contributed by atoms with van der Waals surface area (Å²) >= 11 is 0. The number of carbonyl (C=O) groups is 1. The first kappa shape index (κ1) is 14.8. The van der Waals surface area contributed by atoms with Crippen molar-refractivity contribution in [2.75, 3.05) is 25.2 Å². The normalized spacial score (nSPS) is 16.4. The molecule has 0 fully saturated rings. The number of benzene rings is 1. The van der Waals surface area contributed by atoms with E-state index >= 15 is 0 Å². The number of hydrogen-bond acceptors (Lipinski definition) is 3. The second kappa shape index (κ2) is 5.41. The van der Waals surface area contributed by atoms with Crippen LogP contribution in [0.4, 0.5) is 18.9 Å². The summed E-state index contributed by atoms with van der Waals surface area (Å²) in [5.74, 6) is -0.0148. The number of fused-ring (bicyclic) bond motifs is 1. The van der Waals surface area contributed by atoms with E-state index in [0.29, 0.717) is 5.56 Å². The Balaban J connectivity index is 2.00. The van der Waals surface area contributed by atoms with Gasteiger partial charge in [-0.2, -0.15) is 13.2 Å². The fraction of sp³-hybridized carbons (Fsp3) is 0.462. The lowest BCUT2D eigenvalue weighted by Crippen LogP contribution is -2.23. The number of nitrogens with two attached hydrogens (primary N) is 1. The Bertz CT molecular complexity index is 517. The first-order valence-electron chi connectivity index (χ1n) is 6.07. The summed E-state index contributed by atoms with van der Waals surface area (Å²) in [5.41, 5.74) is 8.10. The van der Waals surface area contributed by atoms with E-state index in [-0.39, 0.29) is 18.9 Å². The number of alkyl halides is 3. The number of halogens is 3. The summed E-state index contributed by atoms with van der Waals surface area (Å²) in [6.07, 6.45) is -4.07. The summed E-state index contributed by atoms with van der Waals surface area (Å²) in [6.45, 7) is -1.53. The number of carbonyl (C=O) groups excluding carboxylic acids is 1. The SMILES string of the molecule is CN1C(=O)Cc2cc(C(N)COCC(F)(F)F)ccc21. The summed E-state index contributed by atoms with van der Waals surface area (Å²) in [5, 5.41) is 0. The van der Waals surface area contributed by atoms with Crippen LogP contribution in [-0.4, -0.2) is 32.3 Å². The first-order chi connectivity index (χ1) is 9.28. The highest BCUT2D eigenvalue weighted by atomic mass is 19.4. The van der Waals surface area contributed by atoms with Crippen molar-refractivity contribution in [3.63, 3.8) is 0 Å². The van der Waals surface area contributed by atoms with E-state index in [0.717, 1.165) is 11.3 Å². The Morgan fingerprint density at radius 1 is 1.45 bits per heavy atom. The van der Waals surface area contributed by atoms with Gasteiger partial charge in [-0.05, 0) is 17.2 Å². The number of nitrogens with zero attached hydrogens (tertiary/aromatic N) is 1. The molecule has 1 aromatic rings. The quantitative estimate of drug-likeness (QED) is 0.919. The number of ether oxygens (including phenoxy) is 1. The van der Waals surface area contributed by atoms with Gasteiger partial charge in [-0.3, -0.25) is 4.79 Å². The van der Waals surface area contributed by atoms with Crippen molar-refractivity contribution in [2.24, 2.45) is 5.73 Å². The Morgan fingerprint density at radius 2 is 2.15 bits per heavy atom. The smallest absolute Gasteiger partial charge is 0.370 e. The molecule has 2 N–H and O–H groups in total. The lowest BCUT2D eigenvalue weighted by molar-refractivity contribution is -0.174. The number of hydrogen-bond donors (Lipinski definition) is 1. The van der Waals surface area contributed by atoms with Gasteiger partial charge in [0, 0.05) is 12.7 Å². The van der Waals surface area contributed by atoms with Crippen molar-refractivity contribution in [3.8, 4) is 0 Å². The van der Waals surface area contributed by atoms with Gasteiger partial charge in [-0.15, -0.1) is 0 Å². The molecule has 0 aliphatic carbocycles. The maximum atomic E-state index is 12.0. The molecular formula is C13H15F3N2O2. The van der Waals surface area contributed by atoms with Crippen LogP contribution in [0.25, 0.3) is 0 Å². The summed E-state index contributed by atoms with van der Waals surface area (Å²) in [6, 6.07) is 4.55. The maximum Gasteiger partial charge on any atom is 0.411 e. The topological polar surface area (TPSA) is 55.6 Å². The molecule has 0 radical (unpaired) electrons. The van der Waals surface area contributed by atoms with Gasteiger partial charge in [-0.25, -0.2) is 0 Å². The van der Waals surface area contributed by atoms with Gasteiger partial charge in [0.25, 0.3) is 0 Å². The van der Waals surface area contributed by atoms with E-state index in [1.165, 1.54) is 0 Å². The van der Waals surface area contributed by atoms with Crippen LogP contribution in [0.15, 0.2) is 18.2 Å². The second-order valence-corrected chi connectivity index (χ2v) is 4.75. The lowest BCUT2D eigenvalue weighted by atomic mass is 10.0. The minimum absolute atomic E-state index is 0.0148. The molecule has 1 atom stereocenters. The molecule has 2 rings (SSSR count). The highest BCUT2D eigenvalue weighted by Gasteiger charge is 2.28. The van der Waals surface area contributed by atoms with Gasteiger partial charge in [-0.1, -0.05) is 12.1 Å². The standard InChI is InChI=1S/C13H15F3N2O2/c1-18-11-3-2-8(4-9(11)5-12(18)19)10(17)6-20-7-13(14,15)16/h2-4,10H,5-7,17H2,1H3. The zero-order valence-corrected chi connectivity index (χ0v) is 10.9. The van der Waals surface area contributed by atoms with Crippen LogP contribution in [0.3, 0.4) is 0 Å². The van der Waals surface area contributed by atoms with Gasteiger partial charge in [0.15, 0.2) is 0 Å². The van der Waals surface area contributed by atoms with E-state index in [4.69, 9.17) is 5.73 Å². The molecule has 0 saturated carbocycles. The molecule has 1 aromatic carbocycles. The minimum Gasteiger partial charge on any atom is -0.370 e. The predicted molar refractivity (Wildman–Crippen MR) is 67.4 cm³/mol. The van der Waals surface area contributed by atoms with Crippen molar-refractivity contribution in [1.82, 2.24) is 0 Å². The van der Waals surface area contributed by atoms with Crippen molar-refractivity contribution < 1.29 is 22.7 Å². The van der Waals surface area contributed by atoms with E-state index in [1.54, 1.807) is 30.1 Å². The van der Waals surface area contributed by atoms with E-state index in [9.17, 15) is 18.0 Å². The van der Waals surface area contributed by atoms with E-state index in [2.05, 4.69) is 4.74 Å². The van der Waals surface area contributed by atoms with Crippen LogP contribution in [0.1, 0.15) is 17.2 Å². The lowest BCUT2D eigenvalue weighted by Gasteiger charge is -2.15. The molecular weight excluding hydrogens is 273 g/mol. The maximum absolute atomic E-state index is 12.0. The Hall–Kier alpha value is -1.60. The van der Waals surface area contributed by atoms with Crippen molar-refractivity contribution >= 4 is 11.6 Å². The average molecular weight is 288 g/mol. The molecule has 1 amide bonds. The molecule has 1 aliphatic rings. The molecule has 1 unspecified atom stereocenters. The zero-order valence-electron chi connectivity index (χ0n) is 10.9. The molecule has 0 spiro atoms. The highest BCUT2D eigenvalue weighted by molar-refractivity contribution is 6.00. The largest absolute Gasteiger partial charge is 0.411 e. The fourth-order valence-electron chi connectivity index (χ4n) is 2.12. The van der Waals surface area contributed by atoms with Crippen LogP contribution in [0.5, 0.6) is 0 Å². The average Bonchev–Trinajstić information content (AvgIpc) is 2.63. The number of anilines is 1. The van der Waals surface area contributed by atoms with Gasteiger partial charge in [0.1, 0.15) is 6.61 Å². The van der Waals surface area contributed by atoms with Gasteiger partial charge in [0.2, 0.25) is 5.91 Å². The monoisotopic (exact) mass is 288 g/mol. The molecule has 1 heterocycles. The van der Waals surface area contributed by atoms with E-state index in [1.807, 2.05) is 0 Å². The minimum atomic E-state index is -4.35. The number of likely N-dealkylation sites (N-methyl/N-ethyl adjacent to an activating group) is 1. The molecule has 0 aromatic heterocycles. The molecule has 110 valence electrons. The molecule has 1 aliphatic heterocycles. The number of rotatable bonds is 4. The van der Waals surface area contributed by atoms with Gasteiger partial charge >= 0.3 is 6.18 Å². The van der Waals surface area contributed by atoms with Crippen LogP contribution in [-0.2, 0) is 16.0 Å². The van der Waals surface area contributed by atoms with Crippen molar-refractivity contribution in [3.05, 3.63) is 29.3 Å². The Morgan fingerprint density at radius 3 is 2.80 bits per heavy atom. The summed E-state index contributed by atoms with van der Waals surface area (Å²) in [7, 11) is 1.68. The van der Waals surface area contributed by atoms with Crippen LogP contribution < -0.4 is 10.6 Å². The van der Waals surface area contributed by atoms with Crippen LogP contribution >= 0.6 is 0 Å². The second-order valence-electron chi connectivity index (χ2n) is 4.75. The van der Waals surface area contributed by atoms with Crippen LogP contribution in [0.2, 0.25) is 0 Å².